The van der Waals surface area contributed by atoms with Crippen molar-refractivity contribution in [2.45, 2.75) is 43.7 Å². The number of piperidine rings is 3. The molecule has 264 valence electrons. The van der Waals surface area contributed by atoms with Crippen LogP contribution in [0.3, 0.4) is 0 Å². The molecule has 1 unspecified atom stereocenters. The number of rotatable bonds is 9. The third kappa shape index (κ3) is 6.46. The Balaban J connectivity index is 1.42. The Morgan fingerprint density at radius 1 is 0.941 bits per heavy atom. The normalized spacial score (nSPS) is 20.5. The standard InChI is InChI=1S/C38H32F6N4O3/c1-3-26-13-21-11-12-47(26)27(14-21)20-48(32-19-31(22-7-5-4-6-8-22)46-30-10-9-28(51-2)18-29(30)32)34-33(35(49)36(34)50)45-25-16-23(37(39,40)41)15-24(17-25)38(42,43)44/h3-10,15-19,21,26-27,45H,1,11-14,20H2,2H3/t21-,26-,27-/m0/s1. The highest BCUT2D eigenvalue weighted by molar-refractivity contribution is 5.99. The van der Waals surface area contributed by atoms with Gasteiger partial charge in [-0.05, 0) is 74.2 Å². The van der Waals surface area contributed by atoms with E-state index in [1.165, 1.54) is 7.11 Å². The fraction of sp³-hybridized carbons (Fsp3) is 0.289. The maximum absolute atomic E-state index is 13.8. The van der Waals surface area contributed by atoms with E-state index in [1.54, 1.807) is 29.2 Å². The minimum atomic E-state index is -5.11. The highest BCUT2D eigenvalue weighted by Crippen LogP contribution is 2.43. The van der Waals surface area contributed by atoms with Gasteiger partial charge in [0.05, 0.1) is 35.1 Å². The molecule has 3 aliphatic heterocycles. The SMILES string of the molecule is C=C[C@H]1C[C@@H]2CCN1[C@H](CN(c1c(Nc3cc(C(F)(F)F)cc(C(F)(F)F)c3)c(=O)c1=O)c1cc(-c3ccccc3)nc3ccc(OC)cc13)C2. The van der Waals surface area contributed by atoms with Gasteiger partial charge in [-0.2, -0.15) is 26.3 Å². The van der Waals surface area contributed by atoms with Gasteiger partial charge in [-0.25, -0.2) is 4.98 Å². The number of ether oxygens (including phenoxy) is 1. The van der Waals surface area contributed by atoms with Crippen molar-refractivity contribution < 1.29 is 31.1 Å². The van der Waals surface area contributed by atoms with Crippen LogP contribution in [0, 0.1) is 5.92 Å². The predicted octanol–water partition coefficient (Wildman–Crippen LogP) is 8.46. The number of benzene rings is 3. The Labute approximate surface area is 288 Å². The van der Waals surface area contributed by atoms with E-state index in [0.717, 1.165) is 31.4 Å². The van der Waals surface area contributed by atoms with E-state index in [9.17, 15) is 35.9 Å². The van der Waals surface area contributed by atoms with Crippen LogP contribution in [-0.2, 0) is 12.4 Å². The summed E-state index contributed by atoms with van der Waals surface area (Å²) in [4.78, 5) is 35.7. The molecular formula is C38H32F6N4O3. The molecule has 8 rings (SSSR count). The summed E-state index contributed by atoms with van der Waals surface area (Å²) in [5.41, 5.74) is -4.01. The van der Waals surface area contributed by atoms with Gasteiger partial charge in [-0.1, -0.05) is 36.4 Å². The minimum Gasteiger partial charge on any atom is -0.497 e. The monoisotopic (exact) mass is 706 g/mol. The van der Waals surface area contributed by atoms with Gasteiger partial charge >= 0.3 is 12.4 Å². The Bertz CT molecular complexity index is 2160. The summed E-state index contributed by atoms with van der Waals surface area (Å²) in [6.07, 6.45) is -5.65. The summed E-state index contributed by atoms with van der Waals surface area (Å²) in [7, 11) is 1.49. The molecule has 0 aliphatic carbocycles. The van der Waals surface area contributed by atoms with Gasteiger partial charge in [0, 0.05) is 35.3 Å². The summed E-state index contributed by atoms with van der Waals surface area (Å²) in [5.74, 6) is 0.868. The lowest BCUT2D eigenvalue weighted by molar-refractivity contribution is -0.143. The third-order valence-electron chi connectivity index (χ3n) is 9.90. The Morgan fingerprint density at radius 2 is 1.65 bits per heavy atom. The van der Waals surface area contributed by atoms with Gasteiger partial charge in [0.25, 0.3) is 10.9 Å². The molecule has 3 saturated heterocycles. The average molecular weight is 707 g/mol. The van der Waals surface area contributed by atoms with Crippen LogP contribution in [0.4, 0.5) is 49.1 Å². The fourth-order valence-electron chi connectivity index (χ4n) is 7.43. The van der Waals surface area contributed by atoms with Gasteiger partial charge in [0.2, 0.25) is 0 Å². The molecule has 0 radical (unpaired) electrons. The molecule has 51 heavy (non-hydrogen) atoms. The van der Waals surface area contributed by atoms with E-state index in [2.05, 4.69) is 16.8 Å². The van der Waals surface area contributed by atoms with E-state index in [0.29, 0.717) is 46.1 Å². The van der Waals surface area contributed by atoms with Crippen LogP contribution >= 0.6 is 0 Å². The highest BCUT2D eigenvalue weighted by atomic mass is 19.4. The summed E-state index contributed by atoms with van der Waals surface area (Å²) >= 11 is 0. The molecule has 5 aromatic rings. The van der Waals surface area contributed by atoms with E-state index in [4.69, 9.17) is 9.72 Å². The van der Waals surface area contributed by atoms with Gasteiger partial charge in [-0.15, -0.1) is 6.58 Å². The second-order valence-corrected chi connectivity index (χ2v) is 13.0. The van der Waals surface area contributed by atoms with Crippen LogP contribution in [0.5, 0.6) is 5.75 Å². The maximum atomic E-state index is 13.8. The van der Waals surface area contributed by atoms with Crippen molar-refractivity contribution in [1.82, 2.24) is 9.88 Å². The second-order valence-electron chi connectivity index (χ2n) is 13.0. The number of methoxy groups -OCH3 is 1. The third-order valence-corrected chi connectivity index (χ3v) is 9.90. The Hall–Kier alpha value is -5.17. The van der Waals surface area contributed by atoms with Crippen molar-refractivity contribution in [3.63, 3.8) is 0 Å². The van der Waals surface area contributed by atoms with E-state index >= 15 is 0 Å². The van der Waals surface area contributed by atoms with Crippen molar-refractivity contribution in [3.05, 3.63) is 117 Å². The lowest BCUT2D eigenvalue weighted by atomic mass is 9.78. The highest BCUT2D eigenvalue weighted by Gasteiger charge is 2.42. The number of halogens is 6. The molecule has 0 saturated carbocycles. The zero-order valence-electron chi connectivity index (χ0n) is 27.3. The second kappa shape index (κ2) is 12.9. The first kappa shape index (κ1) is 34.3. The van der Waals surface area contributed by atoms with Crippen molar-refractivity contribution in [2.24, 2.45) is 5.92 Å². The largest absolute Gasteiger partial charge is 0.497 e. The van der Waals surface area contributed by atoms with Crippen LogP contribution in [-0.4, -0.2) is 42.2 Å². The molecule has 0 amide bonds. The smallest absolute Gasteiger partial charge is 0.416 e. The van der Waals surface area contributed by atoms with Crippen molar-refractivity contribution in [3.8, 4) is 17.0 Å². The molecule has 2 bridgehead atoms. The number of hydrogen-bond acceptors (Lipinski definition) is 7. The van der Waals surface area contributed by atoms with Crippen LogP contribution in [0.1, 0.15) is 30.4 Å². The fourth-order valence-corrected chi connectivity index (χ4v) is 7.43. The topological polar surface area (TPSA) is 74.8 Å². The lowest BCUT2D eigenvalue weighted by Gasteiger charge is -2.51. The van der Waals surface area contributed by atoms with Crippen molar-refractivity contribution >= 4 is 33.7 Å². The van der Waals surface area contributed by atoms with Crippen LogP contribution in [0.15, 0.2) is 95.0 Å². The summed E-state index contributed by atoms with van der Waals surface area (Å²) < 4.78 is 88.0. The number of aromatic nitrogens is 1. The quantitative estimate of drug-likeness (QED) is 0.0937. The summed E-state index contributed by atoms with van der Waals surface area (Å²) in [6.45, 7) is 4.98. The van der Waals surface area contributed by atoms with Crippen molar-refractivity contribution in [1.29, 1.82) is 0 Å². The molecule has 4 atom stereocenters. The number of fused-ring (bicyclic) bond motifs is 4. The number of hydrogen-bond donors (Lipinski definition) is 1. The predicted molar refractivity (Wildman–Crippen MR) is 184 cm³/mol. The average Bonchev–Trinajstić information content (AvgIpc) is 3.13. The number of alkyl halides is 6. The molecular weight excluding hydrogens is 674 g/mol. The van der Waals surface area contributed by atoms with Gasteiger partial charge in [0.1, 0.15) is 17.1 Å². The number of anilines is 4. The maximum Gasteiger partial charge on any atom is 0.416 e. The minimum absolute atomic E-state index is 0.00467. The molecule has 1 N–H and O–H groups in total. The first-order chi connectivity index (χ1) is 24.2. The van der Waals surface area contributed by atoms with Gasteiger partial charge < -0.3 is 15.0 Å². The molecule has 0 spiro atoms. The summed E-state index contributed by atoms with van der Waals surface area (Å²) in [5, 5.41) is 3.05. The Kier molecular flexibility index (Phi) is 8.65. The molecule has 1 aromatic heterocycles. The molecule has 4 heterocycles. The number of nitrogens with zero attached hydrogens (tertiary/aromatic N) is 3. The number of pyridine rings is 1. The van der Waals surface area contributed by atoms with Crippen LogP contribution < -0.4 is 25.8 Å². The van der Waals surface area contributed by atoms with Gasteiger partial charge in [-0.3, -0.25) is 14.5 Å². The van der Waals surface area contributed by atoms with E-state index < -0.39 is 45.7 Å². The van der Waals surface area contributed by atoms with Gasteiger partial charge in [0.15, 0.2) is 0 Å². The van der Waals surface area contributed by atoms with E-state index in [-0.39, 0.29) is 30.4 Å². The zero-order chi connectivity index (χ0) is 36.2. The lowest BCUT2D eigenvalue weighted by Crippen LogP contribution is -2.57. The molecule has 4 aromatic carbocycles. The zero-order valence-corrected chi connectivity index (χ0v) is 27.3. The van der Waals surface area contributed by atoms with E-state index in [1.807, 2.05) is 36.4 Å². The molecule has 13 heteroatoms. The molecule has 3 aliphatic rings. The Morgan fingerprint density at radius 3 is 2.27 bits per heavy atom. The van der Waals surface area contributed by atoms with Crippen LogP contribution in [0.25, 0.3) is 22.2 Å². The molecule has 3 fully saturated rings. The molecule has 7 nitrogen and oxygen atoms in total. The van der Waals surface area contributed by atoms with Crippen LogP contribution in [0.2, 0.25) is 0 Å². The first-order valence-corrected chi connectivity index (χ1v) is 16.3. The first-order valence-electron chi connectivity index (χ1n) is 16.3. The summed E-state index contributed by atoms with van der Waals surface area (Å²) in [6, 6.07) is 17.2. The number of nitrogens with one attached hydrogen (secondary N) is 1. The van der Waals surface area contributed by atoms with Crippen molar-refractivity contribution in [2.75, 3.05) is 30.4 Å².